The normalized spacial score (nSPS) is 17.3. The SMILES string of the molecule is O=C(NC[C@@H]1CCc2nccn2C1)c1cc(F)ccc1F. The predicted molar refractivity (Wildman–Crippen MR) is 72.7 cm³/mol. The third-order valence-electron chi connectivity index (χ3n) is 3.76. The molecular formula is C15H15F2N3O. The van der Waals surface area contributed by atoms with Gasteiger partial charge in [0.05, 0.1) is 5.56 Å². The van der Waals surface area contributed by atoms with Gasteiger partial charge in [0.2, 0.25) is 0 Å². The van der Waals surface area contributed by atoms with E-state index in [9.17, 15) is 13.6 Å². The average Bonchev–Trinajstić information content (AvgIpc) is 2.94. The minimum atomic E-state index is -0.713. The fraction of sp³-hybridized carbons (Fsp3) is 0.333. The largest absolute Gasteiger partial charge is 0.352 e. The van der Waals surface area contributed by atoms with E-state index in [0.717, 1.165) is 43.4 Å². The van der Waals surface area contributed by atoms with E-state index < -0.39 is 17.5 Å². The molecule has 21 heavy (non-hydrogen) atoms. The van der Waals surface area contributed by atoms with Crippen LogP contribution in [0.5, 0.6) is 0 Å². The summed E-state index contributed by atoms with van der Waals surface area (Å²) in [7, 11) is 0. The Hall–Kier alpha value is -2.24. The van der Waals surface area contributed by atoms with Gasteiger partial charge in [0, 0.05) is 31.9 Å². The highest BCUT2D eigenvalue weighted by Gasteiger charge is 2.20. The Morgan fingerprint density at radius 2 is 2.29 bits per heavy atom. The molecule has 4 nitrogen and oxygen atoms in total. The Balaban J connectivity index is 1.61. The van der Waals surface area contributed by atoms with E-state index in [1.165, 1.54) is 0 Å². The molecule has 1 amide bonds. The van der Waals surface area contributed by atoms with Crippen molar-refractivity contribution in [2.75, 3.05) is 6.54 Å². The summed E-state index contributed by atoms with van der Waals surface area (Å²) in [5.74, 6) is -0.596. The Labute approximate surface area is 120 Å². The van der Waals surface area contributed by atoms with Crippen molar-refractivity contribution in [2.24, 2.45) is 5.92 Å². The van der Waals surface area contributed by atoms with Crippen molar-refractivity contribution in [1.82, 2.24) is 14.9 Å². The number of halogens is 2. The summed E-state index contributed by atoms with van der Waals surface area (Å²) in [6, 6.07) is 2.87. The number of carbonyl (C=O) groups is 1. The number of aryl methyl sites for hydroxylation is 1. The van der Waals surface area contributed by atoms with Gasteiger partial charge < -0.3 is 9.88 Å². The molecule has 0 spiro atoms. The first-order valence-electron chi connectivity index (χ1n) is 6.87. The molecule has 110 valence electrons. The zero-order valence-electron chi connectivity index (χ0n) is 11.4. The van der Waals surface area contributed by atoms with E-state index >= 15 is 0 Å². The number of rotatable bonds is 3. The summed E-state index contributed by atoms with van der Waals surface area (Å²) in [6.07, 6.45) is 5.46. The molecule has 1 N–H and O–H groups in total. The van der Waals surface area contributed by atoms with Gasteiger partial charge in [-0.2, -0.15) is 0 Å². The summed E-state index contributed by atoms with van der Waals surface area (Å²) >= 11 is 0. The van der Waals surface area contributed by atoms with Gasteiger partial charge in [-0.15, -0.1) is 0 Å². The topological polar surface area (TPSA) is 46.9 Å². The Kier molecular flexibility index (Phi) is 3.68. The van der Waals surface area contributed by atoms with Gasteiger partial charge in [-0.25, -0.2) is 13.8 Å². The Bertz CT molecular complexity index is 669. The Morgan fingerprint density at radius 1 is 1.43 bits per heavy atom. The van der Waals surface area contributed by atoms with Gasteiger partial charge in [0.15, 0.2) is 0 Å². The third-order valence-corrected chi connectivity index (χ3v) is 3.76. The van der Waals surface area contributed by atoms with Crippen molar-refractivity contribution < 1.29 is 13.6 Å². The molecule has 0 fully saturated rings. The lowest BCUT2D eigenvalue weighted by Crippen LogP contribution is -2.34. The number of imidazole rings is 1. The molecule has 1 aliphatic rings. The van der Waals surface area contributed by atoms with Crippen LogP contribution in [-0.4, -0.2) is 22.0 Å². The molecule has 1 aliphatic heterocycles. The lowest BCUT2D eigenvalue weighted by molar-refractivity contribution is 0.0939. The molecule has 2 aromatic rings. The lowest BCUT2D eigenvalue weighted by Gasteiger charge is -2.24. The minimum Gasteiger partial charge on any atom is -0.352 e. The van der Waals surface area contributed by atoms with Crippen molar-refractivity contribution in [3.8, 4) is 0 Å². The highest BCUT2D eigenvalue weighted by atomic mass is 19.1. The smallest absolute Gasteiger partial charge is 0.254 e. The van der Waals surface area contributed by atoms with Crippen LogP contribution >= 0.6 is 0 Å². The molecule has 2 heterocycles. The van der Waals surface area contributed by atoms with E-state index in [1.54, 1.807) is 6.20 Å². The number of fused-ring (bicyclic) bond motifs is 1. The lowest BCUT2D eigenvalue weighted by atomic mass is 9.99. The number of hydrogen-bond acceptors (Lipinski definition) is 2. The first kappa shape index (κ1) is 13.7. The quantitative estimate of drug-likeness (QED) is 0.942. The molecule has 1 aromatic heterocycles. The molecule has 6 heteroatoms. The van der Waals surface area contributed by atoms with Gasteiger partial charge in [0.1, 0.15) is 17.5 Å². The molecular weight excluding hydrogens is 276 g/mol. The van der Waals surface area contributed by atoms with Crippen LogP contribution in [0.1, 0.15) is 22.6 Å². The number of aromatic nitrogens is 2. The number of hydrogen-bond donors (Lipinski definition) is 1. The van der Waals surface area contributed by atoms with Gasteiger partial charge >= 0.3 is 0 Å². The molecule has 0 saturated heterocycles. The van der Waals surface area contributed by atoms with Crippen LogP contribution in [0.4, 0.5) is 8.78 Å². The first-order chi connectivity index (χ1) is 10.1. The maximum atomic E-state index is 13.5. The van der Waals surface area contributed by atoms with Crippen LogP contribution in [0, 0.1) is 17.6 Å². The molecule has 1 atom stereocenters. The van der Waals surface area contributed by atoms with Crippen LogP contribution in [0.25, 0.3) is 0 Å². The number of carbonyl (C=O) groups excluding carboxylic acids is 1. The second-order valence-electron chi connectivity index (χ2n) is 5.23. The number of amides is 1. The van der Waals surface area contributed by atoms with Crippen LogP contribution in [0.2, 0.25) is 0 Å². The van der Waals surface area contributed by atoms with E-state index in [-0.39, 0.29) is 11.5 Å². The number of benzene rings is 1. The van der Waals surface area contributed by atoms with Crippen molar-refractivity contribution in [3.63, 3.8) is 0 Å². The maximum Gasteiger partial charge on any atom is 0.254 e. The molecule has 1 aromatic carbocycles. The highest BCUT2D eigenvalue weighted by Crippen LogP contribution is 2.18. The fourth-order valence-corrected chi connectivity index (χ4v) is 2.61. The Morgan fingerprint density at radius 3 is 3.14 bits per heavy atom. The summed E-state index contributed by atoms with van der Waals surface area (Å²) in [5.41, 5.74) is -0.255. The van der Waals surface area contributed by atoms with Crippen molar-refractivity contribution in [1.29, 1.82) is 0 Å². The van der Waals surface area contributed by atoms with Crippen LogP contribution in [0.15, 0.2) is 30.6 Å². The van der Waals surface area contributed by atoms with Crippen LogP contribution < -0.4 is 5.32 Å². The third kappa shape index (κ3) is 2.94. The van der Waals surface area contributed by atoms with Gasteiger partial charge in [-0.1, -0.05) is 0 Å². The predicted octanol–water partition coefficient (Wildman–Crippen LogP) is 2.15. The summed E-state index contributed by atoms with van der Waals surface area (Å²) in [6.45, 7) is 1.22. The zero-order chi connectivity index (χ0) is 14.8. The molecule has 0 aliphatic carbocycles. The summed E-state index contributed by atoms with van der Waals surface area (Å²) in [4.78, 5) is 16.2. The zero-order valence-corrected chi connectivity index (χ0v) is 11.4. The van der Waals surface area contributed by atoms with Crippen LogP contribution in [-0.2, 0) is 13.0 Å². The van der Waals surface area contributed by atoms with Crippen molar-refractivity contribution in [2.45, 2.75) is 19.4 Å². The van der Waals surface area contributed by atoms with Gasteiger partial charge in [-0.3, -0.25) is 4.79 Å². The average molecular weight is 291 g/mol. The maximum absolute atomic E-state index is 13.5. The summed E-state index contributed by atoms with van der Waals surface area (Å²) < 4.78 is 28.6. The van der Waals surface area contributed by atoms with E-state index in [2.05, 4.69) is 14.9 Å². The van der Waals surface area contributed by atoms with E-state index in [0.29, 0.717) is 6.54 Å². The molecule has 0 unspecified atom stereocenters. The molecule has 0 radical (unpaired) electrons. The summed E-state index contributed by atoms with van der Waals surface area (Å²) in [5, 5.41) is 2.68. The standard InChI is InChI=1S/C15H15F2N3O/c16-11-2-3-13(17)12(7-11)15(21)19-8-10-1-4-14-18-5-6-20(14)9-10/h2-3,5-7,10H,1,4,8-9H2,(H,19,21)/t10-/m0/s1. The van der Waals surface area contributed by atoms with E-state index in [1.807, 2.05) is 6.20 Å². The molecule has 0 saturated carbocycles. The minimum absolute atomic E-state index is 0.255. The van der Waals surface area contributed by atoms with Crippen LogP contribution in [0.3, 0.4) is 0 Å². The monoisotopic (exact) mass is 291 g/mol. The first-order valence-corrected chi connectivity index (χ1v) is 6.87. The highest BCUT2D eigenvalue weighted by molar-refractivity contribution is 5.94. The fourth-order valence-electron chi connectivity index (χ4n) is 2.61. The van der Waals surface area contributed by atoms with Crippen molar-refractivity contribution >= 4 is 5.91 Å². The second-order valence-corrected chi connectivity index (χ2v) is 5.23. The molecule has 3 rings (SSSR count). The molecule has 0 bridgehead atoms. The van der Waals surface area contributed by atoms with Gasteiger partial charge in [-0.05, 0) is 30.5 Å². The van der Waals surface area contributed by atoms with Crippen molar-refractivity contribution in [3.05, 3.63) is 53.6 Å². The van der Waals surface area contributed by atoms with Gasteiger partial charge in [0.25, 0.3) is 5.91 Å². The number of nitrogens with zero attached hydrogens (tertiary/aromatic N) is 2. The van der Waals surface area contributed by atoms with E-state index in [4.69, 9.17) is 0 Å². The second kappa shape index (κ2) is 5.63. The number of nitrogens with one attached hydrogen (secondary N) is 1.